The Balaban J connectivity index is 0.928. The molecule has 1 amide bonds. The average molecular weight is 515 g/mol. The molecule has 1 unspecified atom stereocenters. The van der Waals surface area contributed by atoms with Gasteiger partial charge in [-0.2, -0.15) is 15.4 Å². The number of nitrogens with one attached hydrogen (secondary N) is 1. The minimum absolute atomic E-state index is 0.0208. The van der Waals surface area contributed by atoms with Crippen molar-refractivity contribution in [3.05, 3.63) is 59.2 Å². The molecule has 1 N–H and O–H groups in total. The zero-order valence-corrected chi connectivity index (χ0v) is 22.1. The topological polar surface area (TPSA) is 88.2 Å². The van der Waals surface area contributed by atoms with Crippen LogP contribution >= 0.6 is 0 Å². The van der Waals surface area contributed by atoms with Crippen molar-refractivity contribution in [2.75, 3.05) is 13.1 Å². The van der Waals surface area contributed by atoms with E-state index in [1.165, 1.54) is 31.2 Å². The Hall–Kier alpha value is -3.22. The van der Waals surface area contributed by atoms with Gasteiger partial charge in [-0.15, -0.1) is 0 Å². The zero-order valence-electron chi connectivity index (χ0n) is 22.1. The number of hydrogen-bond donors (Lipinski definition) is 1. The number of carbonyl (C=O) groups excluding carboxylic acids is 2. The van der Waals surface area contributed by atoms with Crippen LogP contribution in [0, 0.1) is 17.8 Å². The summed E-state index contributed by atoms with van der Waals surface area (Å²) in [5.74, 6) is 2.18. The monoisotopic (exact) mass is 514 g/mol. The highest BCUT2D eigenvalue weighted by Gasteiger charge is 2.29. The summed E-state index contributed by atoms with van der Waals surface area (Å²) in [6.07, 6.45) is 11.2. The zero-order chi connectivity index (χ0) is 25.9. The van der Waals surface area contributed by atoms with Crippen LogP contribution in [0.25, 0.3) is 11.0 Å². The predicted molar refractivity (Wildman–Crippen MR) is 145 cm³/mol. The molecule has 0 spiro atoms. The van der Waals surface area contributed by atoms with Gasteiger partial charge in [0.05, 0.1) is 5.92 Å². The lowest BCUT2D eigenvalue weighted by molar-refractivity contribution is -0.150. The van der Waals surface area contributed by atoms with Crippen LogP contribution in [-0.4, -0.2) is 45.3 Å². The van der Waals surface area contributed by atoms with Gasteiger partial charge in [0.1, 0.15) is 17.6 Å². The summed E-state index contributed by atoms with van der Waals surface area (Å²) in [6.45, 7) is 2.00. The second-order valence-electron chi connectivity index (χ2n) is 11.7. The van der Waals surface area contributed by atoms with Crippen molar-refractivity contribution in [2.24, 2.45) is 17.8 Å². The van der Waals surface area contributed by atoms with Gasteiger partial charge in [0.25, 0.3) is 5.91 Å². The predicted octanol–water partition coefficient (Wildman–Crippen LogP) is 6.02. The number of rotatable bonds is 7. The number of likely N-dealkylation sites (tertiary alicyclic amines) is 1. The molecule has 1 aromatic heterocycles. The van der Waals surface area contributed by atoms with E-state index < -0.39 is 0 Å². The number of ether oxygens (including phenoxy) is 1. The lowest BCUT2D eigenvalue weighted by atomic mass is 9.83. The van der Waals surface area contributed by atoms with Crippen molar-refractivity contribution in [2.45, 2.75) is 76.7 Å². The number of piperidine rings is 1. The molecule has 0 bridgehead atoms. The molecule has 7 heteroatoms. The highest BCUT2D eigenvalue weighted by Crippen LogP contribution is 2.40. The van der Waals surface area contributed by atoms with Gasteiger partial charge in [-0.25, -0.2) is 0 Å². The van der Waals surface area contributed by atoms with E-state index in [-0.39, 0.29) is 17.8 Å². The van der Waals surface area contributed by atoms with Gasteiger partial charge in [-0.05, 0) is 98.4 Å². The van der Waals surface area contributed by atoms with Crippen LogP contribution in [0.5, 0.6) is 0 Å². The van der Waals surface area contributed by atoms with Gasteiger partial charge < -0.3 is 9.64 Å². The molecule has 2 aromatic carbocycles. The van der Waals surface area contributed by atoms with Crippen LogP contribution in [0.15, 0.2) is 42.5 Å². The van der Waals surface area contributed by atoms with Crippen molar-refractivity contribution in [3.8, 4) is 0 Å². The lowest BCUT2D eigenvalue weighted by Crippen LogP contribution is -2.38. The maximum absolute atomic E-state index is 13.0. The first-order valence-corrected chi connectivity index (χ1v) is 14.5. The molecule has 2 saturated carbocycles. The molecular weight excluding hydrogens is 476 g/mol. The molecule has 2 aliphatic carbocycles. The number of amides is 1. The van der Waals surface area contributed by atoms with Crippen LogP contribution in [0.1, 0.15) is 91.6 Å². The third-order valence-corrected chi connectivity index (χ3v) is 8.96. The van der Waals surface area contributed by atoms with Crippen LogP contribution in [0.2, 0.25) is 0 Å². The molecule has 2 atom stereocenters. The molecule has 2 heterocycles. The lowest BCUT2D eigenvalue weighted by Gasteiger charge is -2.33. The number of nitrogens with zero attached hydrogens (tertiary/aromatic N) is 3. The smallest absolute Gasteiger partial charge is 0.309 e. The summed E-state index contributed by atoms with van der Waals surface area (Å²) in [5.41, 5.74) is 4.68. The van der Waals surface area contributed by atoms with Crippen LogP contribution in [-0.2, 0) is 16.1 Å². The van der Waals surface area contributed by atoms with E-state index in [1.807, 2.05) is 23.1 Å². The highest BCUT2D eigenvalue weighted by atomic mass is 16.5. The van der Waals surface area contributed by atoms with Gasteiger partial charge >= 0.3 is 5.97 Å². The first-order valence-electron chi connectivity index (χ1n) is 14.5. The maximum Gasteiger partial charge on any atom is 0.309 e. The maximum atomic E-state index is 13.0. The standard InChI is InChI=1S/C31H38N4O3/c36-30(27-12-13-28-29(19-27)33-34-32-28)35-16-14-22(15-17-35)18-21-2-1-3-26(9-4-21)31(37)38-20-23-5-7-24(8-6-23)25-10-11-25/h5-8,12-13,19,21-22,25-26H,1-4,9-11,14-18,20H2,(H,32,33,34)/t21-,26?/m1/s1. The first kappa shape index (κ1) is 25.1. The van der Waals surface area contributed by atoms with Crippen molar-refractivity contribution in [1.82, 2.24) is 20.3 Å². The number of H-pyrrole nitrogens is 1. The Morgan fingerprint density at radius 2 is 1.61 bits per heavy atom. The molecule has 38 heavy (non-hydrogen) atoms. The largest absolute Gasteiger partial charge is 0.461 e. The fraction of sp³-hybridized carbons (Fsp3) is 0.548. The molecule has 3 aromatic rings. The van der Waals surface area contributed by atoms with Crippen molar-refractivity contribution >= 4 is 22.9 Å². The number of aromatic nitrogens is 3. The number of esters is 1. The Bertz CT molecular complexity index is 1260. The van der Waals surface area contributed by atoms with Crippen molar-refractivity contribution in [3.63, 3.8) is 0 Å². The van der Waals surface area contributed by atoms with E-state index in [4.69, 9.17) is 4.74 Å². The normalized spacial score (nSPS) is 22.8. The molecule has 1 aliphatic heterocycles. The Kier molecular flexibility index (Phi) is 7.43. The van der Waals surface area contributed by atoms with Crippen LogP contribution in [0.4, 0.5) is 0 Å². The quantitative estimate of drug-likeness (QED) is 0.308. The molecule has 200 valence electrons. The Morgan fingerprint density at radius 3 is 2.39 bits per heavy atom. The molecular formula is C31H38N4O3. The summed E-state index contributed by atoms with van der Waals surface area (Å²) >= 11 is 0. The minimum Gasteiger partial charge on any atom is -0.461 e. The Labute approximate surface area is 224 Å². The number of carbonyl (C=O) groups is 2. The Morgan fingerprint density at radius 1 is 0.842 bits per heavy atom. The minimum atomic E-state index is -0.0208. The number of aromatic amines is 1. The number of hydrogen-bond acceptors (Lipinski definition) is 5. The average Bonchev–Trinajstić information content (AvgIpc) is 3.74. The third-order valence-electron chi connectivity index (χ3n) is 8.96. The van der Waals surface area contributed by atoms with E-state index in [0.29, 0.717) is 24.0 Å². The fourth-order valence-corrected chi connectivity index (χ4v) is 6.42. The van der Waals surface area contributed by atoms with Crippen molar-refractivity contribution in [1.29, 1.82) is 0 Å². The third kappa shape index (κ3) is 5.92. The highest BCUT2D eigenvalue weighted by molar-refractivity contribution is 5.97. The molecule has 7 nitrogen and oxygen atoms in total. The molecule has 1 saturated heterocycles. The molecule has 3 fully saturated rings. The van der Waals surface area contributed by atoms with Crippen LogP contribution in [0.3, 0.4) is 0 Å². The van der Waals surface area contributed by atoms with Gasteiger partial charge in [0, 0.05) is 18.7 Å². The summed E-state index contributed by atoms with van der Waals surface area (Å²) in [7, 11) is 0. The molecule has 6 rings (SSSR count). The van der Waals surface area contributed by atoms with E-state index in [2.05, 4.69) is 39.7 Å². The van der Waals surface area contributed by atoms with Gasteiger partial charge in [-0.3, -0.25) is 9.59 Å². The first-order chi connectivity index (χ1) is 18.6. The van der Waals surface area contributed by atoms with E-state index in [0.717, 1.165) is 74.1 Å². The van der Waals surface area contributed by atoms with E-state index >= 15 is 0 Å². The van der Waals surface area contributed by atoms with Crippen molar-refractivity contribution < 1.29 is 14.3 Å². The molecule has 3 aliphatic rings. The fourth-order valence-electron chi connectivity index (χ4n) is 6.42. The van der Waals surface area contributed by atoms with Crippen LogP contribution < -0.4 is 0 Å². The summed E-state index contributed by atoms with van der Waals surface area (Å²) in [5, 5.41) is 10.8. The van der Waals surface area contributed by atoms with Gasteiger partial charge in [0.15, 0.2) is 0 Å². The van der Waals surface area contributed by atoms with E-state index in [9.17, 15) is 9.59 Å². The summed E-state index contributed by atoms with van der Waals surface area (Å²) in [4.78, 5) is 27.8. The second kappa shape index (κ2) is 11.3. The van der Waals surface area contributed by atoms with Gasteiger partial charge in [0.2, 0.25) is 0 Å². The number of benzene rings is 2. The van der Waals surface area contributed by atoms with Gasteiger partial charge in [-0.1, -0.05) is 37.1 Å². The summed E-state index contributed by atoms with van der Waals surface area (Å²) in [6, 6.07) is 14.1. The second-order valence-corrected chi connectivity index (χ2v) is 11.7. The SMILES string of the molecule is O=C(OCc1ccc(C2CC2)cc1)C1CCC[C@@H](CC2CCN(C(=O)c3ccc4n[nH]nc4c3)CC2)CC1. The van der Waals surface area contributed by atoms with E-state index in [1.54, 1.807) is 0 Å². The number of fused-ring (bicyclic) bond motifs is 1. The molecule has 0 radical (unpaired) electrons. The summed E-state index contributed by atoms with van der Waals surface area (Å²) < 4.78 is 5.73.